The first-order valence-corrected chi connectivity index (χ1v) is 9.22. The Kier molecular flexibility index (Phi) is 6.42. The molecule has 0 aliphatic rings. The van der Waals surface area contributed by atoms with Gasteiger partial charge in [0, 0.05) is 19.3 Å². The van der Waals surface area contributed by atoms with Gasteiger partial charge in [-0.3, -0.25) is 9.48 Å². The second-order valence-electron chi connectivity index (χ2n) is 5.92. The average molecular weight is 408 g/mol. The summed E-state index contributed by atoms with van der Waals surface area (Å²) in [4.78, 5) is 12.1. The summed E-state index contributed by atoms with van der Waals surface area (Å²) in [7, 11) is 0. The van der Waals surface area contributed by atoms with Crippen LogP contribution in [0.1, 0.15) is 28.4 Å². The van der Waals surface area contributed by atoms with E-state index in [9.17, 15) is 4.79 Å². The van der Waals surface area contributed by atoms with E-state index in [1.54, 1.807) is 35.1 Å². The first kappa shape index (κ1) is 19.3. The van der Waals surface area contributed by atoms with Crippen molar-refractivity contribution >= 4 is 29.1 Å². The van der Waals surface area contributed by atoms with E-state index in [-0.39, 0.29) is 18.3 Å². The third-order valence-corrected chi connectivity index (χ3v) is 4.51. The molecule has 0 bridgehead atoms. The van der Waals surface area contributed by atoms with Crippen molar-refractivity contribution in [2.75, 3.05) is 6.54 Å². The molecule has 3 rings (SSSR count). The smallest absolute Gasteiger partial charge is 0.286 e. The maximum Gasteiger partial charge on any atom is 0.286 e. The van der Waals surface area contributed by atoms with Crippen molar-refractivity contribution in [3.05, 3.63) is 69.9 Å². The lowest BCUT2D eigenvalue weighted by molar-refractivity contribution is 0.0921. The molecule has 3 aromatic rings. The van der Waals surface area contributed by atoms with Gasteiger partial charge in [0.2, 0.25) is 0 Å². The minimum atomic E-state index is -0.270. The van der Waals surface area contributed by atoms with Gasteiger partial charge in [-0.25, -0.2) is 0 Å². The molecule has 0 unspecified atom stereocenters. The minimum Gasteiger partial charge on any atom is -0.484 e. The fourth-order valence-corrected chi connectivity index (χ4v) is 2.77. The summed E-state index contributed by atoms with van der Waals surface area (Å²) in [5.41, 5.74) is 0.794. The number of nitrogens with one attached hydrogen (secondary N) is 1. The van der Waals surface area contributed by atoms with Crippen LogP contribution in [0.3, 0.4) is 0 Å². The first-order valence-electron chi connectivity index (χ1n) is 8.46. The molecule has 1 amide bonds. The molecule has 0 saturated carbocycles. The summed E-state index contributed by atoms with van der Waals surface area (Å²) in [6.07, 6.45) is 2.50. The number of aryl methyl sites for hydroxylation is 2. The van der Waals surface area contributed by atoms with E-state index >= 15 is 0 Å². The van der Waals surface area contributed by atoms with Crippen molar-refractivity contribution in [3.8, 4) is 5.75 Å². The van der Waals surface area contributed by atoms with E-state index in [0.717, 1.165) is 12.1 Å². The van der Waals surface area contributed by atoms with Gasteiger partial charge in [0.05, 0.1) is 15.7 Å². The molecule has 2 aromatic heterocycles. The number of carbonyl (C=O) groups is 1. The van der Waals surface area contributed by atoms with Gasteiger partial charge in [-0.1, -0.05) is 35.3 Å². The number of furan rings is 1. The highest BCUT2D eigenvalue weighted by molar-refractivity contribution is 6.32. The van der Waals surface area contributed by atoms with Gasteiger partial charge in [0.15, 0.2) is 5.76 Å². The zero-order valence-corrected chi connectivity index (χ0v) is 16.3. The Bertz CT molecular complexity index is 901. The summed E-state index contributed by atoms with van der Waals surface area (Å²) < 4.78 is 12.9. The lowest BCUT2D eigenvalue weighted by Crippen LogP contribution is -2.24. The summed E-state index contributed by atoms with van der Waals surface area (Å²) in [6, 6.07) is 10.5. The van der Waals surface area contributed by atoms with Gasteiger partial charge in [0.1, 0.15) is 18.1 Å². The van der Waals surface area contributed by atoms with Crippen molar-refractivity contribution in [1.82, 2.24) is 15.1 Å². The fourth-order valence-electron chi connectivity index (χ4n) is 2.43. The van der Waals surface area contributed by atoms with Crippen LogP contribution in [-0.4, -0.2) is 22.2 Å². The van der Waals surface area contributed by atoms with Crippen LogP contribution in [0.5, 0.6) is 5.75 Å². The Morgan fingerprint density at radius 2 is 2.04 bits per heavy atom. The summed E-state index contributed by atoms with van der Waals surface area (Å²) in [6.45, 7) is 3.21. The quantitative estimate of drug-likeness (QED) is 0.558. The monoisotopic (exact) mass is 407 g/mol. The number of carbonyl (C=O) groups excluding carboxylic acids is 1. The molecule has 0 atom stereocenters. The van der Waals surface area contributed by atoms with Gasteiger partial charge in [-0.2, -0.15) is 5.10 Å². The maximum absolute atomic E-state index is 12.1. The fraction of sp³-hybridized carbons (Fsp3) is 0.263. The summed E-state index contributed by atoms with van der Waals surface area (Å²) >= 11 is 12.0. The molecule has 1 aromatic carbocycles. The van der Waals surface area contributed by atoms with Crippen molar-refractivity contribution in [1.29, 1.82) is 0 Å². The highest BCUT2D eigenvalue weighted by atomic mass is 35.5. The van der Waals surface area contributed by atoms with Crippen LogP contribution in [0.15, 0.2) is 47.0 Å². The number of nitrogens with zero attached hydrogens (tertiary/aromatic N) is 2. The summed E-state index contributed by atoms with van der Waals surface area (Å²) in [5, 5.41) is 8.25. The van der Waals surface area contributed by atoms with Crippen LogP contribution >= 0.6 is 23.2 Å². The number of amides is 1. The van der Waals surface area contributed by atoms with Gasteiger partial charge in [-0.15, -0.1) is 0 Å². The summed E-state index contributed by atoms with van der Waals surface area (Å²) in [5.74, 6) is 1.08. The van der Waals surface area contributed by atoms with Crippen molar-refractivity contribution < 1.29 is 13.9 Å². The van der Waals surface area contributed by atoms with Gasteiger partial charge in [-0.05, 0) is 37.6 Å². The van der Waals surface area contributed by atoms with E-state index in [1.807, 2.05) is 19.1 Å². The van der Waals surface area contributed by atoms with Crippen LogP contribution in [0, 0.1) is 6.92 Å². The second-order valence-corrected chi connectivity index (χ2v) is 6.73. The largest absolute Gasteiger partial charge is 0.484 e. The molecule has 8 heteroatoms. The van der Waals surface area contributed by atoms with Gasteiger partial charge in [0.25, 0.3) is 5.91 Å². The second kappa shape index (κ2) is 8.97. The number of aromatic nitrogens is 2. The topological polar surface area (TPSA) is 69.3 Å². The van der Waals surface area contributed by atoms with E-state index in [0.29, 0.717) is 34.6 Å². The lowest BCUT2D eigenvalue weighted by Gasteiger charge is -2.06. The third kappa shape index (κ3) is 5.28. The van der Waals surface area contributed by atoms with E-state index in [2.05, 4.69) is 10.4 Å². The van der Waals surface area contributed by atoms with Crippen LogP contribution in [0.2, 0.25) is 10.0 Å². The van der Waals surface area contributed by atoms with E-state index in [1.165, 1.54) is 0 Å². The minimum absolute atomic E-state index is 0.191. The SMILES string of the molecule is Cc1nn(CCCNC(=O)c2ccc(COc3ccccc3Cl)o2)cc1Cl. The number of para-hydroxylation sites is 1. The Morgan fingerprint density at radius 3 is 2.78 bits per heavy atom. The molecule has 0 aliphatic carbocycles. The first-order chi connectivity index (χ1) is 13.0. The molecule has 0 fully saturated rings. The predicted molar refractivity (Wildman–Crippen MR) is 103 cm³/mol. The molecule has 27 heavy (non-hydrogen) atoms. The van der Waals surface area contributed by atoms with Crippen molar-refractivity contribution in [2.45, 2.75) is 26.5 Å². The van der Waals surface area contributed by atoms with Crippen molar-refractivity contribution in [3.63, 3.8) is 0 Å². The number of rotatable bonds is 8. The zero-order chi connectivity index (χ0) is 19.2. The molecular weight excluding hydrogens is 389 g/mol. The Labute approximate surface area is 167 Å². The molecular formula is C19H19Cl2N3O3. The average Bonchev–Trinajstić information content (AvgIpc) is 3.25. The van der Waals surface area contributed by atoms with Crippen molar-refractivity contribution in [2.24, 2.45) is 0 Å². The number of hydrogen-bond acceptors (Lipinski definition) is 4. The Balaban J connectivity index is 1.43. The molecule has 142 valence electrons. The number of benzene rings is 1. The lowest BCUT2D eigenvalue weighted by atomic mass is 10.3. The number of ether oxygens (including phenoxy) is 1. The highest BCUT2D eigenvalue weighted by Gasteiger charge is 2.11. The van der Waals surface area contributed by atoms with Crippen LogP contribution in [-0.2, 0) is 13.2 Å². The Hall–Kier alpha value is -2.44. The standard InChI is InChI=1S/C19H19Cl2N3O3/c1-13-16(21)11-24(23-13)10-4-9-22-19(25)18-8-7-14(27-18)12-26-17-6-3-2-5-15(17)20/h2-3,5-8,11H,4,9-10,12H2,1H3,(H,22,25). The number of halogens is 2. The molecule has 1 N–H and O–H groups in total. The molecule has 2 heterocycles. The molecule has 0 spiro atoms. The zero-order valence-electron chi connectivity index (χ0n) is 14.7. The van der Waals surface area contributed by atoms with Crippen LogP contribution < -0.4 is 10.1 Å². The van der Waals surface area contributed by atoms with E-state index < -0.39 is 0 Å². The van der Waals surface area contributed by atoms with Gasteiger partial charge >= 0.3 is 0 Å². The number of hydrogen-bond donors (Lipinski definition) is 1. The highest BCUT2D eigenvalue weighted by Crippen LogP contribution is 2.24. The molecule has 6 nitrogen and oxygen atoms in total. The van der Waals surface area contributed by atoms with Crippen LogP contribution in [0.4, 0.5) is 0 Å². The van der Waals surface area contributed by atoms with Gasteiger partial charge < -0.3 is 14.5 Å². The Morgan fingerprint density at radius 1 is 1.22 bits per heavy atom. The third-order valence-electron chi connectivity index (χ3n) is 3.83. The molecule has 0 saturated heterocycles. The maximum atomic E-state index is 12.1. The predicted octanol–water partition coefficient (Wildman–Crippen LogP) is 4.49. The molecule has 0 radical (unpaired) electrons. The van der Waals surface area contributed by atoms with E-state index in [4.69, 9.17) is 32.4 Å². The molecule has 0 aliphatic heterocycles. The normalized spacial score (nSPS) is 10.8. The van der Waals surface area contributed by atoms with Crippen LogP contribution in [0.25, 0.3) is 0 Å².